The fourth-order valence-corrected chi connectivity index (χ4v) is 2.18. The van der Waals surface area contributed by atoms with Crippen molar-refractivity contribution in [1.82, 2.24) is 4.90 Å². The summed E-state index contributed by atoms with van der Waals surface area (Å²) in [6.07, 6.45) is 0.857. The van der Waals surface area contributed by atoms with Crippen molar-refractivity contribution in [2.75, 3.05) is 26.7 Å². The maximum absolute atomic E-state index is 11.6. The minimum Gasteiger partial charge on any atom is -0.469 e. The maximum Gasteiger partial charge on any atom is 0.312 e. The van der Waals surface area contributed by atoms with Crippen molar-refractivity contribution in [3.8, 4) is 0 Å². The summed E-state index contributed by atoms with van der Waals surface area (Å²) in [5.41, 5.74) is 5.40. The molecule has 1 atom stereocenters. The Hall–Kier alpha value is -0.320. The number of methoxy groups -OCH3 is 1. The van der Waals surface area contributed by atoms with Crippen LogP contribution in [0.3, 0.4) is 0 Å². The van der Waals surface area contributed by atoms with Gasteiger partial charge in [0.15, 0.2) is 0 Å². The molecule has 0 radical (unpaired) electrons. The quantitative estimate of drug-likeness (QED) is 0.761. The van der Waals surface area contributed by atoms with Crippen molar-refractivity contribution in [3.05, 3.63) is 0 Å². The van der Waals surface area contributed by atoms with Gasteiger partial charge in [0.25, 0.3) is 0 Å². The van der Waals surface area contributed by atoms with Gasteiger partial charge in [-0.3, -0.25) is 4.79 Å². The number of rotatable bonds is 3. The Kier molecular flexibility index (Phi) is 5.23. The summed E-state index contributed by atoms with van der Waals surface area (Å²) in [7, 11) is 1.45. The van der Waals surface area contributed by atoms with Crippen molar-refractivity contribution >= 4 is 18.4 Å². The van der Waals surface area contributed by atoms with Crippen LogP contribution in [-0.4, -0.2) is 43.2 Å². The second-order valence-electron chi connectivity index (χ2n) is 5.50. The number of esters is 1. The zero-order valence-electron chi connectivity index (χ0n) is 10.6. The SMILES string of the molecule is COC(=O)C1(C)CCN(CC(C)(C)N)C1.Cl. The second-order valence-corrected chi connectivity index (χ2v) is 5.50. The molecule has 1 saturated heterocycles. The molecule has 5 heteroatoms. The second kappa shape index (κ2) is 5.34. The van der Waals surface area contributed by atoms with Crippen LogP contribution in [0.2, 0.25) is 0 Å². The monoisotopic (exact) mass is 250 g/mol. The summed E-state index contributed by atoms with van der Waals surface area (Å²) in [6.45, 7) is 8.45. The highest BCUT2D eigenvalue weighted by Gasteiger charge is 2.41. The van der Waals surface area contributed by atoms with Crippen molar-refractivity contribution < 1.29 is 9.53 Å². The number of hydrogen-bond donors (Lipinski definition) is 1. The zero-order valence-corrected chi connectivity index (χ0v) is 11.4. The van der Waals surface area contributed by atoms with Crippen LogP contribution in [0, 0.1) is 5.41 Å². The summed E-state index contributed by atoms with van der Waals surface area (Å²) in [4.78, 5) is 13.8. The Bertz CT molecular complexity index is 253. The van der Waals surface area contributed by atoms with Crippen LogP contribution in [0.15, 0.2) is 0 Å². The molecule has 0 aromatic rings. The van der Waals surface area contributed by atoms with Gasteiger partial charge in [0.1, 0.15) is 0 Å². The molecule has 0 amide bonds. The van der Waals surface area contributed by atoms with E-state index in [9.17, 15) is 4.79 Å². The zero-order chi connectivity index (χ0) is 11.7. The standard InChI is InChI=1S/C11H22N2O2.ClH/c1-10(2,12)7-13-6-5-11(3,8-13)9(14)15-4;/h5-8,12H2,1-4H3;1H. The van der Waals surface area contributed by atoms with Crippen molar-refractivity contribution in [3.63, 3.8) is 0 Å². The highest BCUT2D eigenvalue weighted by Crippen LogP contribution is 2.31. The lowest BCUT2D eigenvalue weighted by Gasteiger charge is -2.27. The van der Waals surface area contributed by atoms with E-state index in [0.29, 0.717) is 0 Å². The van der Waals surface area contributed by atoms with Gasteiger partial charge in [0, 0.05) is 18.6 Å². The number of carbonyl (C=O) groups is 1. The Balaban J connectivity index is 0.00000225. The lowest BCUT2D eigenvalue weighted by molar-refractivity contribution is -0.151. The number of nitrogens with two attached hydrogens (primary N) is 1. The van der Waals surface area contributed by atoms with Crippen LogP contribution in [0.25, 0.3) is 0 Å². The highest BCUT2D eigenvalue weighted by molar-refractivity contribution is 5.85. The molecule has 1 heterocycles. The fourth-order valence-electron chi connectivity index (χ4n) is 2.18. The Morgan fingerprint density at radius 3 is 2.56 bits per heavy atom. The average Bonchev–Trinajstić information content (AvgIpc) is 2.44. The van der Waals surface area contributed by atoms with Gasteiger partial charge < -0.3 is 15.4 Å². The number of carbonyl (C=O) groups excluding carboxylic acids is 1. The first-order valence-electron chi connectivity index (χ1n) is 5.36. The van der Waals surface area contributed by atoms with Crippen LogP contribution in [0.5, 0.6) is 0 Å². The van der Waals surface area contributed by atoms with Crippen LogP contribution in [0.4, 0.5) is 0 Å². The van der Waals surface area contributed by atoms with Gasteiger partial charge in [-0.05, 0) is 33.7 Å². The summed E-state index contributed by atoms with van der Waals surface area (Å²) < 4.78 is 4.82. The Morgan fingerprint density at radius 2 is 2.12 bits per heavy atom. The van der Waals surface area contributed by atoms with E-state index in [0.717, 1.165) is 26.1 Å². The topological polar surface area (TPSA) is 55.6 Å². The van der Waals surface area contributed by atoms with Gasteiger partial charge in [0.2, 0.25) is 0 Å². The van der Waals surface area contributed by atoms with Gasteiger partial charge in [-0.1, -0.05) is 0 Å². The summed E-state index contributed by atoms with van der Waals surface area (Å²) >= 11 is 0. The van der Waals surface area contributed by atoms with E-state index in [1.165, 1.54) is 7.11 Å². The largest absolute Gasteiger partial charge is 0.469 e. The van der Waals surface area contributed by atoms with Gasteiger partial charge in [-0.2, -0.15) is 0 Å². The molecule has 16 heavy (non-hydrogen) atoms. The fraction of sp³-hybridized carbons (Fsp3) is 0.909. The number of hydrogen-bond acceptors (Lipinski definition) is 4. The van der Waals surface area contributed by atoms with Gasteiger partial charge in [-0.15, -0.1) is 12.4 Å². The smallest absolute Gasteiger partial charge is 0.312 e. The van der Waals surface area contributed by atoms with E-state index in [-0.39, 0.29) is 29.3 Å². The van der Waals surface area contributed by atoms with Crippen LogP contribution < -0.4 is 5.73 Å². The summed E-state index contributed by atoms with van der Waals surface area (Å²) in [5.74, 6) is -0.111. The van der Waals surface area contributed by atoms with Crippen LogP contribution in [0.1, 0.15) is 27.2 Å². The molecule has 1 rings (SSSR count). The maximum atomic E-state index is 11.6. The van der Waals surface area contributed by atoms with Gasteiger partial charge in [0.05, 0.1) is 12.5 Å². The molecule has 1 unspecified atom stereocenters. The number of ether oxygens (including phenoxy) is 1. The third kappa shape index (κ3) is 3.92. The molecule has 0 aromatic carbocycles. The first kappa shape index (κ1) is 15.7. The van der Waals surface area contributed by atoms with E-state index in [1.807, 2.05) is 20.8 Å². The van der Waals surface area contributed by atoms with Crippen molar-refractivity contribution in [2.24, 2.45) is 11.1 Å². The molecular weight excluding hydrogens is 228 g/mol. The van der Waals surface area contributed by atoms with Crippen molar-refractivity contribution in [1.29, 1.82) is 0 Å². The molecule has 0 aromatic heterocycles. The summed E-state index contributed by atoms with van der Waals surface area (Å²) in [6, 6.07) is 0. The molecule has 0 bridgehead atoms. The lowest BCUT2D eigenvalue weighted by Crippen LogP contribution is -2.45. The van der Waals surface area contributed by atoms with E-state index in [2.05, 4.69) is 4.90 Å². The van der Waals surface area contributed by atoms with Gasteiger partial charge >= 0.3 is 5.97 Å². The normalized spacial score (nSPS) is 26.3. The predicted molar refractivity (Wildman–Crippen MR) is 66.7 cm³/mol. The minimum atomic E-state index is -0.347. The number of halogens is 1. The summed E-state index contributed by atoms with van der Waals surface area (Å²) in [5, 5.41) is 0. The Morgan fingerprint density at radius 1 is 1.56 bits per heavy atom. The van der Waals surface area contributed by atoms with E-state index >= 15 is 0 Å². The van der Waals surface area contributed by atoms with E-state index in [1.54, 1.807) is 0 Å². The average molecular weight is 251 g/mol. The van der Waals surface area contributed by atoms with Crippen molar-refractivity contribution in [2.45, 2.75) is 32.7 Å². The minimum absolute atomic E-state index is 0. The Labute approximate surface area is 104 Å². The van der Waals surface area contributed by atoms with Gasteiger partial charge in [-0.25, -0.2) is 0 Å². The molecule has 1 aliphatic rings. The number of likely N-dealkylation sites (tertiary alicyclic amines) is 1. The third-order valence-corrected chi connectivity index (χ3v) is 2.86. The highest BCUT2D eigenvalue weighted by atomic mass is 35.5. The molecule has 4 nitrogen and oxygen atoms in total. The molecule has 96 valence electrons. The molecule has 0 aliphatic carbocycles. The van der Waals surface area contributed by atoms with Crippen LogP contribution in [-0.2, 0) is 9.53 Å². The first-order chi connectivity index (χ1) is 6.77. The van der Waals surface area contributed by atoms with Crippen LogP contribution >= 0.6 is 12.4 Å². The molecular formula is C11H23ClN2O2. The molecule has 0 spiro atoms. The molecule has 2 N–H and O–H groups in total. The van der Waals surface area contributed by atoms with E-state index < -0.39 is 0 Å². The van der Waals surface area contributed by atoms with E-state index in [4.69, 9.17) is 10.5 Å². The molecule has 1 fully saturated rings. The lowest BCUT2D eigenvalue weighted by atomic mass is 9.90. The number of nitrogens with zero attached hydrogens (tertiary/aromatic N) is 1. The first-order valence-corrected chi connectivity index (χ1v) is 5.36. The molecule has 1 aliphatic heterocycles. The predicted octanol–water partition coefficient (Wildman–Crippen LogP) is 1.03. The third-order valence-electron chi connectivity index (χ3n) is 2.86. The molecule has 0 saturated carbocycles.